The molecule has 1 aliphatic rings. The van der Waals surface area contributed by atoms with E-state index in [4.69, 9.17) is 0 Å². The Bertz CT molecular complexity index is 641. The minimum absolute atomic E-state index is 0.135. The fourth-order valence-corrected chi connectivity index (χ4v) is 4.26. The standard InChI is InChI=1S/C16H24N2O3S/c1-3-17-16(19)12-18(4-2)22(20,21)15-10-9-13-7-5-6-8-14(13)11-15/h9-11H,3-8,12H2,1-2H3,(H,17,19). The lowest BCUT2D eigenvalue weighted by Gasteiger charge is -2.22. The average molecular weight is 324 g/mol. The molecule has 5 nitrogen and oxygen atoms in total. The normalized spacial score (nSPS) is 14.7. The van der Waals surface area contributed by atoms with Crippen LogP contribution in [0.3, 0.4) is 0 Å². The number of amides is 1. The topological polar surface area (TPSA) is 66.5 Å². The molecule has 0 atom stereocenters. The molecule has 0 unspecified atom stereocenters. The zero-order valence-electron chi connectivity index (χ0n) is 13.3. The summed E-state index contributed by atoms with van der Waals surface area (Å²) in [6.45, 7) is 4.19. The first kappa shape index (κ1) is 17.0. The third kappa shape index (κ3) is 3.67. The third-order valence-corrected chi connectivity index (χ3v) is 5.92. The van der Waals surface area contributed by atoms with Gasteiger partial charge in [0.2, 0.25) is 15.9 Å². The predicted molar refractivity (Wildman–Crippen MR) is 86.2 cm³/mol. The summed E-state index contributed by atoms with van der Waals surface area (Å²) in [7, 11) is -3.63. The predicted octanol–water partition coefficient (Wildman–Crippen LogP) is 1.71. The van der Waals surface area contributed by atoms with Gasteiger partial charge in [0.05, 0.1) is 11.4 Å². The molecule has 22 heavy (non-hydrogen) atoms. The SMILES string of the molecule is CCNC(=O)CN(CC)S(=O)(=O)c1ccc2c(c1)CCCC2. The van der Waals surface area contributed by atoms with Gasteiger partial charge >= 0.3 is 0 Å². The highest BCUT2D eigenvalue weighted by molar-refractivity contribution is 7.89. The second kappa shape index (κ2) is 7.24. The van der Waals surface area contributed by atoms with Crippen molar-refractivity contribution >= 4 is 15.9 Å². The largest absolute Gasteiger partial charge is 0.355 e. The van der Waals surface area contributed by atoms with Gasteiger partial charge in [-0.25, -0.2) is 8.42 Å². The van der Waals surface area contributed by atoms with Crippen LogP contribution in [0.1, 0.15) is 37.8 Å². The Hall–Kier alpha value is -1.40. The van der Waals surface area contributed by atoms with Crippen molar-refractivity contribution in [3.63, 3.8) is 0 Å². The number of rotatable bonds is 6. The molecule has 1 N–H and O–H groups in total. The Morgan fingerprint density at radius 1 is 1.18 bits per heavy atom. The van der Waals surface area contributed by atoms with E-state index in [0.717, 1.165) is 31.2 Å². The molecule has 1 aliphatic carbocycles. The Morgan fingerprint density at radius 2 is 1.86 bits per heavy atom. The molecule has 1 aromatic rings. The molecule has 2 rings (SSSR count). The second-order valence-corrected chi connectivity index (χ2v) is 7.46. The van der Waals surface area contributed by atoms with Crippen molar-refractivity contribution in [2.75, 3.05) is 19.6 Å². The van der Waals surface area contributed by atoms with E-state index >= 15 is 0 Å². The number of fused-ring (bicyclic) bond motifs is 1. The fourth-order valence-electron chi connectivity index (χ4n) is 2.80. The van der Waals surface area contributed by atoms with Crippen molar-refractivity contribution in [2.45, 2.75) is 44.4 Å². The van der Waals surface area contributed by atoms with E-state index in [1.807, 2.05) is 13.0 Å². The van der Waals surface area contributed by atoms with Crippen LogP contribution < -0.4 is 5.32 Å². The van der Waals surface area contributed by atoms with Crippen LogP contribution in [0.5, 0.6) is 0 Å². The number of hydrogen-bond donors (Lipinski definition) is 1. The van der Waals surface area contributed by atoms with Crippen LogP contribution in [0, 0.1) is 0 Å². The lowest BCUT2D eigenvalue weighted by molar-refractivity contribution is -0.121. The molecule has 0 heterocycles. The number of aryl methyl sites for hydroxylation is 2. The molecule has 122 valence electrons. The van der Waals surface area contributed by atoms with Crippen LogP contribution in [-0.4, -0.2) is 38.3 Å². The monoisotopic (exact) mass is 324 g/mol. The zero-order valence-corrected chi connectivity index (χ0v) is 14.1. The summed E-state index contributed by atoms with van der Waals surface area (Å²) in [6, 6.07) is 5.37. The summed E-state index contributed by atoms with van der Waals surface area (Å²) in [5.74, 6) is -0.272. The molecule has 0 saturated heterocycles. The van der Waals surface area contributed by atoms with Gasteiger partial charge in [0.1, 0.15) is 0 Å². The maximum atomic E-state index is 12.7. The van der Waals surface area contributed by atoms with Gasteiger partial charge in [0, 0.05) is 13.1 Å². The molecule has 1 amide bonds. The Morgan fingerprint density at radius 3 is 2.50 bits per heavy atom. The first-order chi connectivity index (χ1) is 10.5. The molecule has 0 bridgehead atoms. The molecular weight excluding hydrogens is 300 g/mol. The van der Waals surface area contributed by atoms with Crippen molar-refractivity contribution in [3.05, 3.63) is 29.3 Å². The van der Waals surface area contributed by atoms with Crippen LogP contribution in [0.25, 0.3) is 0 Å². The van der Waals surface area contributed by atoms with Crippen LogP contribution in [0.4, 0.5) is 0 Å². The number of carbonyl (C=O) groups excluding carboxylic acids is 1. The van der Waals surface area contributed by atoms with E-state index in [1.165, 1.54) is 9.87 Å². The second-order valence-electron chi connectivity index (χ2n) is 5.52. The summed E-state index contributed by atoms with van der Waals surface area (Å²) in [5, 5.41) is 2.64. The minimum Gasteiger partial charge on any atom is -0.355 e. The molecule has 6 heteroatoms. The number of benzene rings is 1. The maximum Gasteiger partial charge on any atom is 0.243 e. The van der Waals surface area contributed by atoms with Gasteiger partial charge in [0.25, 0.3) is 0 Å². The van der Waals surface area contributed by atoms with E-state index in [0.29, 0.717) is 11.4 Å². The number of hydrogen-bond acceptors (Lipinski definition) is 3. The van der Waals surface area contributed by atoms with Crippen molar-refractivity contribution in [3.8, 4) is 0 Å². The lowest BCUT2D eigenvalue weighted by Crippen LogP contribution is -2.40. The van der Waals surface area contributed by atoms with Crippen LogP contribution in [0.2, 0.25) is 0 Å². The van der Waals surface area contributed by atoms with E-state index in [-0.39, 0.29) is 19.0 Å². The van der Waals surface area contributed by atoms with Gasteiger partial charge in [-0.3, -0.25) is 4.79 Å². The first-order valence-electron chi connectivity index (χ1n) is 7.87. The smallest absolute Gasteiger partial charge is 0.243 e. The number of carbonyl (C=O) groups is 1. The lowest BCUT2D eigenvalue weighted by atomic mass is 9.92. The minimum atomic E-state index is -3.63. The summed E-state index contributed by atoms with van der Waals surface area (Å²) in [4.78, 5) is 12.0. The van der Waals surface area contributed by atoms with E-state index in [2.05, 4.69) is 5.32 Å². The van der Waals surface area contributed by atoms with Crippen molar-refractivity contribution in [2.24, 2.45) is 0 Å². The van der Waals surface area contributed by atoms with Gasteiger partial charge in [-0.2, -0.15) is 4.31 Å². The highest BCUT2D eigenvalue weighted by atomic mass is 32.2. The van der Waals surface area contributed by atoms with Crippen LogP contribution in [0.15, 0.2) is 23.1 Å². The summed E-state index contributed by atoms with van der Waals surface area (Å²) in [5.41, 5.74) is 2.37. The van der Waals surface area contributed by atoms with Crippen molar-refractivity contribution < 1.29 is 13.2 Å². The first-order valence-corrected chi connectivity index (χ1v) is 9.31. The molecular formula is C16H24N2O3S. The number of likely N-dealkylation sites (N-methyl/N-ethyl adjacent to an activating group) is 2. The average Bonchev–Trinajstić information content (AvgIpc) is 2.52. The van der Waals surface area contributed by atoms with Crippen molar-refractivity contribution in [1.29, 1.82) is 0 Å². The summed E-state index contributed by atoms with van der Waals surface area (Å²) >= 11 is 0. The zero-order chi connectivity index (χ0) is 16.2. The van der Waals surface area contributed by atoms with Gasteiger partial charge in [-0.05, 0) is 55.9 Å². The quantitative estimate of drug-likeness (QED) is 0.866. The van der Waals surface area contributed by atoms with Crippen LogP contribution >= 0.6 is 0 Å². The molecule has 0 fully saturated rings. The summed E-state index contributed by atoms with van der Waals surface area (Å²) < 4.78 is 26.7. The summed E-state index contributed by atoms with van der Waals surface area (Å²) in [6.07, 6.45) is 4.22. The molecule has 1 aromatic carbocycles. The van der Waals surface area contributed by atoms with Gasteiger partial charge in [-0.1, -0.05) is 13.0 Å². The Labute approximate surface area is 132 Å². The van der Waals surface area contributed by atoms with Gasteiger partial charge in [-0.15, -0.1) is 0 Å². The number of nitrogens with zero attached hydrogens (tertiary/aromatic N) is 1. The van der Waals surface area contributed by atoms with Crippen LogP contribution in [-0.2, 0) is 27.7 Å². The highest BCUT2D eigenvalue weighted by Crippen LogP contribution is 2.25. The van der Waals surface area contributed by atoms with Gasteiger partial charge in [0.15, 0.2) is 0 Å². The maximum absolute atomic E-state index is 12.7. The molecule has 0 aliphatic heterocycles. The Kier molecular flexibility index (Phi) is 5.58. The fraction of sp³-hybridized carbons (Fsp3) is 0.562. The highest BCUT2D eigenvalue weighted by Gasteiger charge is 2.26. The molecule has 0 radical (unpaired) electrons. The van der Waals surface area contributed by atoms with E-state index < -0.39 is 10.0 Å². The van der Waals surface area contributed by atoms with Crippen molar-refractivity contribution in [1.82, 2.24) is 9.62 Å². The third-order valence-electron chi connectivity index (χ3n) is 4.00. The molecule has 0 aromatic heterocycles. The number of sulfonamides is 1. The van der Waals surface area contributed by atoms with E-state index in [9.17, 15) is 13.2 Å². The Balaban J connectivity index is 2.26. The van der Waals surface area contributed by atoms with E-state index in [1.54, 1.807) is 19.1 Å². The van der Waals surface area contributed by atoms with Gasteiger partial charge < -0.3 is 5.32 Å². The molecule has 0 saturated carbocycles. The molecule has 0 spiro atoms. The number of nitrogens with one attached hydrogen (secondary N) is 1.